The maximum absolute atomic E-state index is 10.1. The molecule has 0 saturated carbocycles. The average molecular weight is 128 g/mol. The van der Waals surface area contributed by atoms with E-state index in [9.17, 15) is 4.79 Å². The smallest absolute Gasteiger partial charge is 0.335 e. The summed E-state index contributed by atoms with van der Waals surface area (Å²) < 4.78 is 0. The van der Waals surface area contributed by atoms with Gasteiger partial charge in [0.25, 0.3) is 0 Å². The second-order valence-corrected chi connectivity index (χ2v) is 2.11. The first kappa shape index (κ1) is 6.35. The molecule has 0 aromatic rings. The molecule has 1 saturated heterocycles. The van der Waals surface area contributed by atoms with E-state index in [4.69, 9.17) is 5.73 Å². The zero-order chi connectivity index (χ0) is 6.69. The number of hydrogen-bond acceptors (Lipinski definition) is 2. The van der Waals surface area contributed by atoms with Crippen LogP contribution < -0.4 is 11.1 Å². The Morgan fingerprint density at radius 3 is 2.67 bits per heavy atom. The van der Waals surface area contributed by atoms with Crippen molar-refractivity contribution in [1.82, 2.24) is 10.2 Å². The van der Waals surface area contributed by atoms with Crippen LogP contribution >= 0.6 is 0 Å². The van der Waals surface area contributed by atoms with Crippen LogP contribution in [-0.4, -0.2) is 30.7 Å². The van der Waals surface area contributed by atoms with Crippen LogP contribution in [0.4, 0.5) is 4.79 Å². The van der Waals surface area contributed by atoms with Crippen LogP contribution in [0, 0.1) is 0 Å². The Balaban J connectivity index is 1.97. The molecule has 9 heavy (non-hydrogen) atoms. The van der Waals surface area contributed by atoms with Gasteiger partial charge in [-0.05, 0) is 6.42 Å². The van der Waals surface area contributed by atoms with Gasteiger partial charge in [-0.2, -0.15) is 0 Å². The molecule has 1 radical (unpaired) electrons. The minimum atomic E-state index is -0.568. The van der Waals surface area contributed by atoms with E-state index in [0.717, 1.165) is 13.1 Å². The molecule has 1 rings (SSSR count). The van der Waals surface area contributed by atoms with Crippen molar-refractivity contribution in [3.8, 4) is 0 Å². The van der Waals surface area contributed by atoms with Gasteiger partial charge in [-0.1, -0.05) is 0 Å². The molecule has 0 aromatic heterocycles. The quantitative estimate of drug-likeness (QED) is 0.536. The number of carbonyl (C=O) groups is 1. The van der Waals surface area contributed by atoms with Gasteiger partial charge in [-0.3, -0.25) is 4.90 Å². The number of carbonyl (C=O) groups excluding carboxylic acids is 1. The lowest BCUT2D eigenvalue weighted by molar-refractivity contribution is 0.166. The molecule has 2 N–H and O–H groups in total. The zero-order valence-corrected chi connectivity index (χ0v) is 5.21. The van der Waals surface area contributed by atoms with Crippen molar-refractivity contribution in [1.29, 1.82) is 0 Å². The van der Waals surface area contributed by atoms with Crippen molar-refractivity contribution in [3.05, 3.63) is 0 Å². The Kier molecular flexibility index (Phi) is 1.89. The first-order valence-corrected chi connectivity index (χ1v) is 2.98. The monoisotopic (exact) mass is 128 g/mol. The summed E-state index contributed by atoms with van der Waals surface area (Å²) in [4.78, 5) is 12.1. The van der Waals surface area contributed by atoms with Crippen molar-refractivity contribution >= 4 is 6.03 Å². The molecule has 4 nitrogen and oxygen atoms in total. The van der Waals surface area contributed by atoms with Crippen molar-refractivity contribution in [2.45, 2.75) is 6.42 Å². The summed E-state index contributed by atoms with van der Waals surface area (Å²) in [5.74, 6) is 0. The van der Waals surface area contributed by atoms with Crippen molar-refractivity contribution < 1.29 is 4.79 Å². The number of nitrogens with zero attached hydrogens (tertiary/aromatic N) is 2. The Morgan fingerprint density at radius 1 is 1.67 bits per heavy atom. The molecule has 1 fully saturated rings. The lowest BCUT2D eigenvalue weighted by Crippen LogP contribution is -2.43. The number of nitrogens with two attached hydrogens (primary N) is 1. The molecule has 4 heteroatoms. The summed E-state index contributed by atoms with van der Waals surface area (Å²) in [5.41, 5.74) is 4.79. The molecular formula is C5H10N3O. The highest BCUT2D eigenvalue weighted by Gasteiger charge is 2.13. The third-order valence-corrected chi connectivity index (χ3v) is 1.38. The van der Waals surface area contributed by atoms with E-state index < -0.39 is 6.03 Å². The number of hydrogen-bond donors (Lipinski definition) is 1. The van der Waals surface area contributed by atoms with Gasteiger partial charge < -0.3 is 5.73 Å². The summed E-state index contributed by atoms with van der Waals surface area (Å²) in [7, 11) is 0. The summed E-state index contributed by atoms with van der Waals surface area (Å²) in [6.07, 6.45) is 1.22. The predicted octanol–water partition coefficient (Wildman–Crippen LogP) is -0.667. The molecule has 0 spiro atoms. The standard InChI is InChI=1S/C5H10N3O/c6-5(9)7-4-8-2-1-3-8/h1-4H2,(H2,6,9). The second kappa shape index (κ2) is 2.68. The van der Waals surface area contributed by atoms with E-state index in [1.165, 1.54) is 6.42 Å². The molecule has 1 heterocycles. The number of likely N-dealkylation sites (tertiary alicyclic amines) is 1. The third-order valence-electron chi connectivity index (χ3n) is 1.38. The zero-order valence-electron chi connectivity index (χ0n) is 5.21. The average Bonchev–Trinajstić information content (AvgIpc) is 1.60. The maximum Gasteiger partial charge on any atom is 0.335 e. The van der Waals surface area contributed by atoms with Gasteiger partial charge in [0.2, 0.25) is 0 Å². The van der Waals surface area contributed by atoms with E-state index in [0.29, 0.717) is 6.67 Å². The van der Waals surface area contributed by atoms with E-state index in [-0.39, 0.29) is 0 Å². The highest BCUT2D eigenvalue weighted by molar-refractivity contribution is 5.71. The Morgan fingerprint density at radius 2 is 2.33 bits per heavy atom. The Hall–Kier alpha value is -0.770. The molecule has 0 aromatic carbocycles. The van der Waals surface area contributed by atoms with Crippen LogP contribution in [0.25, 0.3) is 0 Å². The summed E-state index contributed by atoms with van der Waals surface area (Å²) in [5, 5.41) is 3.51. The van der Waals surface area contributed by atoms with Gasteiger partial charge in [-0.25, -0.2) is 10.1 Å². The molecule has 0 aliphatic carbocycles. The normalized spacial score (nSPS) is 18.7. The minimum Gasteiger partial charge on any atom is -0.350 e. The van der Waals surface area contributed by atoms with E-state index >= 15 is 0 Å². The maximum atomic E-state index is 10.1. The lowest BCUT2D eigenvalue weighted by atomic mass is 10.2. The first-order chi connectivity index (χ1) is 4.29. The molecule has 0 atom stereocenters. The number of urea groups is 1. The van der Waals surface area contributed by atoms with Gasteiger partial charge in [0.15, 0.2) is 0 Å². The third kappa shape index (κ3) is 1.89. The SMILES string of the molecule is NC(=O)[N]CN1CCC1. The molecule has 51 valence electrons. The summed E-state index contributed by atoms with van der Waals surface area (Å²) >= 11 is 0. The highest BCUT2D eigenvalue weighted by atomic mass is 16.2. The van der Waals surface area contributed by atoms with Crippen LogP contribution in [0.15, 0.2) is 0 Å². The van der Waals surface area contributed by atoms with E-state index in [2.05, 4.69) is 10.2 Å². The summed E-state index contributed by atoms with van der Waals surface area (Å²) in [6.45, 7) is 2.59. The lowest BCUT2D eigenvalue weighted by Gasteiger charge is -2.29. The van der Waals surface area contributed by atoms with Gasteiger partial charge in [0.1, 0.15) is 0 Å². The van der Waals surface area contributed by atoms with Crippen LogP contribution in [-0.2, 0) is 0 Å². The predicted molar refractivity (Wildman–Crippen MR) is 32.8 cm³/mol. The fourth-order valence-corrected chi connectivity index (χ4v) is 0.693. The number of amides is 2. The van der Waals surface area contributed by atoms with Crippen molar-refractivity contribution in [3.63, 3.8) is 0 Å². The molecule has 0 unspecified atom stereocenters. The van der Waals surface area contributed by atoms with Crippen molar-refractivity contribution in [2.24, 2.45) is 5.73 Å². The Labute approximate surface area is 54.0 Å². The van der Waals surface area contributed by atoms with Gasteiger partial charge in [0.05, 0.1) is 6.67 Å². The van der Waals surface area contributed by atoms with Gasteiger partial charge >= 0.3 is 6.03 Å². The number of rotatable bonds is 2. The summed E-state index contributed by atoms with van der Waals surface area (Å²) in [6, 6.07) is -0.568. The van der Waals surface area contributed by atoms with Gasteiger partial charge in [0, 0.05) is 13.1 Å². The first-order valence-electron chi connectivity index (χ1n) is 2.98. The fraction of sp³-hybridized carbons (Fsp3) is 0.800. The molecule has 0 bridgehead atoms. The van der Waals surface area contributed by atoms with Crippen LogP contribution in [0.5, 0.6) is 0 Å². The largest absolute Gasteiger partial charge is 0.350 e. The van der Waals surface area contributed by atoms with Gasteiger partial charge in [-0.15, -0.1) is 0 Å². The molecule has 1 aliphatic heterocycles. The van der Waals surface area contributed by atoms with Crippen molar-refractivity contribution in [2.75, 3.05) is 19.8 Å². The number of primary amides is 1. The minimum absolute atomic E-state index is 0.481. The highest BCUT2D eigenvalue weighted by Crippen LogP contribution is 2.02. The van der Waals surface area contributed by atoms with Crippen LogP contribution in [0.2, 0.25) is 0 Å². The van der Waals surface area contributed by atoms with E-state index in [1.54, 1.807) is 0 Å². The fourth-order valence-electron chi connectivity index (χ4n) is 0.693. The second-order valence-electron chi connectivity index (χ2n) is 2.11. The molecular weight excluding hydrogens is 118 g/mol. The van der Waals surface area contributed by atoms with Crippen LogP contribution in [0.3, 0.4) is 0 Å². The molecule has 1 aliphatic rings. The molecule has 2 amide bonds. The van der Waals surface area contributed by atoms with Crippen LogP contribution in [0.1, 0.15) is 6.42 Å². The Bertz CT molecular complexity index is 111. The van der Waals surface area contributed by atoms with E-state index in [1.807, 2.05) is 0 Å². The topological polar surface area (TPSA) is 60.4 Å².